The van der Waals surface area contributed by atoms with Crippen molar-refractivity contribution in [3.05, 3.63) is 23.8 Å². The number of ether oxygens (including phenoxy) is 3. The highest BCUT2D eigenvalue weighted by molar-refractivity contribution is 5.44. The smallest absolute Gasteiger partial charge is 0.231 e. The summed E-state index contributed by atoms with van der Waals surface area (Å²) in [6.07, 6.45) is 2.43. The molecule has 2 rings (SSSR count). The SMILES string of the molecule is N#CCCCCOCc1ccc2c(c1)OCO2. The molecule has 0 atom stereocenters. The third-order valence-corrected chi connectivity index (χ3v) is 2.53. The molecule has 0 saturated carbocycles. The third-order valence-electron chi connectivity index (χ3n) is 2.53. The highest BCUT2D eigenvalue weighted by Crippen LogP contribution is 2.32. The number of hydrogen-bond acceptors (Lipinski definition) is 4. The molecule has 0 amide bonds. The Morgan fingerprint density at radius 2 is 2.12 bits per heavy atom. The van der Waals surface area contributed by atoms with Gasteiger partial charge in [0.15, 0.2) is 11.5 Å². The van der Waals surface area contributed by atoms with E-state index in [1.165, 1.54) is 0 Å². The van der Waals surface area contributed by atoms with E-state index in [0.717, 1.165) is 29.9 Å². The summed E-state index contributed by atoms with van der Waals surface area (Å²) in [7, 11) is 0. The van der Waals surface area contributed by atoms with E-state index in [2.05, 4.69) is 6.07 Å². The van der Waals surface area contributed by atoms with E-state index in [1.807, 2.05) is 18.2 Å². The maximum Gasteiger partial charge on any atom is 0.231 e. The molecule has 0 unspecified atom stereocenters. The van der Waals surface area contributed by atoms with E-state index in [4.69, 9.17) is 19.5 Å². The standard InChI is InChI=1S/C13H15NO3/c14-6-2-1-3-7-15-9-11-4-5-12-13(8-11)17-10-16-12/h4-5,8H,1-3,7,9-10H2. The van der Waals surface area contributed by atoms with Gasteiger partial charge < -0.3 is 14.2 Å². The normalized spacial score (nSPS) is 12.4. The van der Waals surface area contributed by atoms with Crippen LogP contribution in [-0.4, -0.2) is 13.4 Å². The average molecular weight is 233 g/mol. The van der Waals surface area contributed by atoms with Gasteiger partial charge in [-0.05, 0) is 30.5 Å². The number of nitrogens with zero attached hydrogens (tertiary/aromatic N) is 1. The molecule has 1 heterocycles. The van der Waals surface area contributed by atoms with E-state index in [1.54, 1.807) is 0 Å². The fourth-order valence-corrected chi connectivity index (χ4v) is 1.63. The largest absolute Gasteiger partial charge is 0.454 e. The van der Waals surface area contributed by atoms with Crippen LogP contribution < -0.4 is 9.47 Å². The second-order valence-corrected chi connectivity index (χ2v) is 3.86. The topological polar surface area (TPSA) is 51.5 Å². The Morgan fingerprint density at radius 3 is 3.00 bits per heavy atom. The second kappa shape index (κ2) is 6.12. The third kappa shape index (κ3) is 3.36. The zero-order valence-electron chi connectivity index (χ0n) is 9.65. The van der Waals surface area contributed by atoms with Crippen LogP contribution in [0.15, 0.2) is 18.2 Å². The van der Waals surface area contributed by atoms with Crippen LogP contribution in [0.5, 0.6) is 11.5 Å². The van der Waals surface area contributed by atoms with Crippen LogP contribution in [0, 0.1) is 11.3 Å². The first kappa shape index (κ1) is 11.7. The van der Waals surface area contributed by atoms with Gasteiger partial charge in [0.2, 0.25) is 6.79 Å². The van der Waals surface area contributed by atoms with Gasteiger partial charge in [-0.25, -0.2) is 0 Å². The van der Waals surface area contributed by atoms with Gasteiger partial charge in [0, 0.05) is 13.0 Å². The molecule has 1 aromatic carbocycles. The number of hydrogen-bond donors (Lipinski definition) is 0. The van der Waals surface area contributed by atoms with Gasteiger partial charge in [0.25, 0.3) is 0 Å². The van der Waals surface area contributed by atoms with Gasteiger partial charge in [0.05, 0.1) is 12.7 Å². The van der Waals surface area contributed by atoms with Crippen LogP contribution in [0.4, 0.5) is 0 Å². The first-order valence-electron chi connectivity index (χ1n) is 5.73. The summed E-state index contributed by atoms with van der Waals surface area (Å²) in [5.41, 5.74) is 1.08. The van der Waals surface area contributed by atoms with Gasteiger partial charge in [-0.15, -0.1) is 0 Å². The molecule has 17 heavy (non-hydrogen) atoms. The minimum absolute atomic E-state index is 0.299. The molecule has 0 bridgehead atoms. The molecular formula is C13H15NO3. The molecule has 1 aromatic rings. The fourth-order valence-electron chi connectivity index (χ4n) is 1.63. The van der Waals surface area contributed by atoms with Gasteiger partial charge in [0.1, 0.15) is 0 Å². The lowest BCUT2D eigenvalue weighted by Gasteiger charge is -2.04. The van der Waals surface area contributed by atoms with Crippen molar-refractivity contribution in [1.82, 2.24) is 0 Å². The van der Waals surface area contributed by atoms with E-state index in [-0.39, 0.29) is 0 Å². The maximum absolute atomic E-state index is 8.37. The van der Waals surface area contributed by atoms with Crippen molar-refractivity contribution >= 4 is 0 Å². The van der Waals surface area contributed by atoms with Gasteiger partial charge in [-0.3, -0.25) is 0 Å². The molecule has 0 radical (unpaired) electrons. The molecule has 4 nitrogen and oxygen atoms in total. The highest BCUT2D eigenvalue weighted by Gasteiger charge is 2.12. The summed E-state index contributed by atoms with van der Waals surface area (Å²) >= 11 is 0. The molecule has 0 fully saturated rings. The molecule has 0 saturated heterocycles. The van der Waals surface area contributed by atoms with E-state index in [9.17, 15) is 0 Å². The lowest BCUT2D eigenvalue weighted by molar-refractivity contribution is 0.117. The van der Waals surface area contributed by atoms with Crippen molar-refractivity contribution in [2.24, 2.45) is 0 Å². The molecule has 0 N–H and O–H groups in total. The summed E-state index contributed by atoms with van der Waals surface area (Å²) in [6.45, 7) is 1.56. The summed E-state index contributed by atoms with van der Waals surface area (Å²) in [5, 5.41) is 8.37. The van der Waals surface area contributed by atoms with Gasteiger partial charge in [-0.2, -0.15) is 5.26 Å². The van der Waals surface area contributed by atoms with Gasteiger partial charge in [-0.1, -0.05) is 6.07 Å². The van der Waals surface area contributed by atoms with E-state index < -0.39 is 0 Å². The predicted octanol–water partition coefficient (Wildman–Crippen LogP) is 2.63. The fraction of sp³-hybridized carbons (Fsp3) is 0.462. The Bertz CT molecular complexity index is 412. The monoisotopic (exact) mass is 233 g/mol. The van der Waals surface area contributed by atoms with Crippen LogP contribution >= 0.6 is 0 Å². The minimum Gasteiger partial charge on any atom is -0.454 e. The number of fused-ring (bicyclic) bond motifs is 1. The second-order valence-electron chi connectivity index (χ2n) is 3.86. The Morgan fingerprint density at radius 1 is 1.24 bits per heavy atom. The van der Waals surface area contributed by atoms with Crippen LogP contribution in [0.2, 0.25) is 0 Å². The summed E-state index contributed by atoms with van der Waals surface area (Å²) < 4.78 is 16.0. The zero-order valence-corrected chi connectivity index (χ0v) is 9.65. The maximum atomic E-state index is 8.37. The molecule has 4 heteroatoms. The number of nitriles is 1. The molecule has 90 valence electrons. The lowest BCUT2D eigenvalue weighted by Crippen LogP contribution is -1.95. The average Bonchev–Trinajstić information content (AvgIpc) is 2.81. The minimum atomic E-state index is 0.299. The summed E-state index contributed by atoms with van der Waals surface area (Å²) in [5.74, 6) is 1.58. The number of benzene rings is 1. The van der Waals surface area contributed by atoms with Crippen molar-refractivity contribution < 1.29 is 14.2 Å². The Balaban J connectivity index is 1.71. The van der Waals surface area contributed by atoms with Crippen LogP contribution in [0.3, 0.4) is 0 Å². The van der Waals surface area contributed by atoms with Crippen molar-refractivity contribution in [3.8, 4) is 17.6 Å². The predicted molar refractivity (Wildman–Crippen MR) is 61.7 cm³/mol. The number of unbranched alkanes of at least 4 members (excludes halogenated alkanes) is 2. The summed E-state index contributed by atoms with van der Waals surface area (Å²) in [4.78, 5) is 0. The van der Waals surface area contributed by atoms with Crippen LogP contribution in [-0.2, 0) is 11.3 Å². The van der Waals surface area contributed by atoms with Crippen LogP contribution in [0.1, 0.15) is 24.8 Å². The van der Waals surface area contributed by atoms with Crippen LogP contribution in [0.25, 0.3) is 0 Å². The van der Waals surface area contributed by atoms with Crippen molar-refractivity contribution in [3.63, 3.8) is 0 Å². The number of rotatable bonds is 6. The molecule has 0 aliphatic carbocycles. The molecule has 1 aliphatic heterocycles. The molecular weight excluding hydrogens is 218 g/mol. The Hall–Kier alpha value is -1.73. The lowest BCUT2D eigenvalue weighted by atomic mass is 10.2. The Kier molecular flexibility index (Phi) is 4.23. The first-order chi connectivity index (χ1) is 8.40. The van der Waals surface area contributed by atoms with E-state index in [0.29, 0.717) is 26.4 Å². The molecule has 0 aromatic heterocycles. The molecule has 1 aliphatic rings. The van der Waals surface area contributed by atoms with Gasteiger partial charge >= 0.3 is 0 Å². The quantitative estimate of drug-likeness (QED) is 0.709. The summed E-state index contributed by atoms with van der Waals surface area (Å²) in [6, 6.07) is 7.94. The van der Waals surface area contributed by atoms with Crippen molar-refractivity contribution in [2.75, 3.05) is 13.4 Å². The highest BCUT2D eigenvalue weighted by atomic mass is 16.7. The van der Waals surface area contributed by atoms with E-state index >= 15 is 0 Å². The zero-order chi connectivity index (χ0) is 11.9. The Labute approximate surface area is 101 Å². The van der Waals surface area contributed by atoms with Crippen molar-refractivity contribution in [2.45, 2.75) is 25.9 Å². The molecule has 0 spiro atoms. The first-order valence-corrected chi connectivity index (χ1v) is 5.73. The van der Waals surface area contributed by atoms with Crippen molar-refractivity contribution in [1.29, 1.82) is 5.26 Å².